The first-order valence-corrected chi connectivity index (χ1v) is 6.39. The van der Waals surface area contributed by atoms with Gasteiger partial charge in [0.2, 0.25) is 0 Å². The molecular weight excluding hydrogens is 222 g/mol. The van der Waals surface area contributed by atoms with Crippen molar-refractivity contribution in [3.63, 3.8) is 0 Å². The smallest absolute Gasteiger partial charge is 0.0703 e. The Labute approximate surface area is 107 Å². The van der Waals surface area contributed by atoms with Crippen molar-refractivity contribution in [2.45, 2.75) is 19.4 Å². The lowest BCUT2D eigenvalue weighted by Gasteiger charge is -2.07. The molecule has 3 heteroatoms. The van der Waals surface area contributed by atoms with Crippen LogP contribution < -0.4 is 5.32 Å². The quantitative estimate of drug-likeness (QED) is 0.890. The number of nitriles is 1. The molecule has 1 aromatic heterocycles. The van der Waals surface area contributed by atoms with Gasteiger partial charge in [0, 0.05) is 37.2 Å². The lowest BCUT2D eigenvalue weighted by atomic mass is 10.1. The van der Waals surface area contributed by atoms with E-state index in [4.69, 9.17) is 5.26 Å². The van der Waals surface area contributed by atoms with Gasteiger partial charge >= 0.3 is 0 Å². The minimum absolute atomic E-state index is 0.0649. The van der Waals surface area contributed by atoms with E-state index in [1.54, 1.807) is 0 Å². The van der Waals surface area contributed by atoms with E-state index in [2.05, 4.69) is 53.5 Å². The van der Waals surface area contributed by atoms with Gasteiger partial charge in [0.05, 0.1) is 11.5 Å². The van der Waals surface area contributed by atoms with Crippen molar-refractivity contribution in [2.75, 3.05) is 6.54 Å². The minimum Gasteiger partial charge on any atom is -0.350 e. The van der Waals surface area contributed by atoms with Crippen molar-refractivity contribution in [2.24, 2.45) is 12.5 Å². The van der Waals surface area contributed by atoms with Crippen LogP contribution in [0.4, 0.5) is 0 Å². The summed E-state index contributed by atoms with van der Waals surface area (Å²) >= 11 is 0. The van der Waals surface area contributed by atoms with Gasteiger partial charge in [-0.3, -0.25) is 0 Å². The molecule has 0 radical (unpaired) electrons. The molecule has 2 aromatic rings. The molecule has 92 valence electrons. The van der Waals surface area contributed by atoms with Gasteiger partial charge in [0.15, 0.2) is 0 Å². The third-order valence-corrected chi connectivity index (χ3v) is 3.85. The topological polar surface area (TPSA) is 40.8 Å². The van der Waals surface area contributed by atoms with Gasteiger partial charge in [-0.25, -0.2) is 0 Å². The zero-order chi connectivity index (χ0) is 12.6. The summed E-state index contributed by atoms with van der Waals surface area (Å²) in [5.41, 5.74) is 2.50. The number of para-hydroxylation sites is 1. The Hall–Kier alpha value is -1.79. The fourth-order valence-electron chi connectivity index (χ4n) is 2.48. The molecule has 1 N–H and O–H groups in total. The maximum Gasteiger partial charge on any atom is 0.0703 e. The zero-order valence-corrected chi connectivity index (χ0v) is 10.6. The molecule has 18 heavy (non-hydrogen) atoms. The number of nitrogens with one attached hydrogen (secondary N) is 1. The summed E-state index contributed by atoms with van der Waals surface area (Å²) in [5.74, 6) is 0. The summed E-state index contributed by atoms with van der Waals surface area (Å²) < 4.78 is 2.16. The average Bonchev–Trinajstić information content (AvgIpc) is 3.11. The van der Waals surface area contributed by atoms with E-state index in [9.17, 15) is 0 Å². The molecule has 1 saturated carbocycles. The van der Waals surface area contributed by atoms with Gasteiger partial charge in [0.25, 0.3) is 0 Å². The summed E-state index contributed by atoms with van der Waals surface area (Å²) in [6, 6.07) is 10.8. The number of fused-ring (bicyclic) bond motifs is 1. The summed E-state index contributed by atoms with van der Waals surface area (Å²) in [6.45, 7) is 1.65. The molecule has 0 atom stereocenters. The highest BCUT2D eigenvalue weighted by Crippen LogP contribution is 2.44. The van der Waals surface area contributed by atoms with Crippen molar-refractivity contribution in [1.29, 1.82) is 5.26 Å². The summed E-state index contributed by atoms with van der Waals surface area (Å²) in [5, 5.41) is 13.8. The number of hydrogen-bond acceptors (Lipinski definition) is 2. The third-order valence-electron chi connectivity index (χ3n) is 3.85. The number of rotatable bonds is 4. The van der Waals surface area contributed by atoms with Crippen LogP contribution in [0.25, 0.3) is 10.9 Å². The zero-order valence-electron chi connectivity index (χ0n) is 10.6. The molecule has 1 fully saturated rings. The van der Waals surface area contributed by atoms with Crippen LogP contribution in [-0.2, 0) is 13.6 Å². The van der Waals surface area contributed by atoms with Gasteiger partial charge < -0.3 is 9.88 Å². The third kappa shape index (κ3) is 1.89. The van der Waals surface area contributed by atoms with Gasteiger partial charge in [-0.1, -0.05) is 18.2 Å². The average molecular weight is 239 g/mol. The summed E-state index contributed by atoms with van der Waals surface area (Å²) in [6.07, 6.45) is 4.27. The molecular formula is C15H17N3. The van der Waals surface area contributed by atoms with E-state index in [0.29, 0.717) is 0 Å². The number of aromatic nitrogens is 1. The molecule has 3 rings (SSSR count). The molecule has 1 aliphatic rings. The molecule has 3 nitrogen and oxygen atoms in total. The van der Waals surface area contributed by atoms with Crippen molar-refractivity contribution >= 4 is 10.9 Å². The van der Waals surface area contributed by atoms with E-state index in [0.717, 1.165) is 25.9 Å². The second-order valence-corrected chi connectivity index (χ2v) is 5.28. The highest BCUT2D eigenvalue weighted by Gasteiger charge is 2.42. The van der Waals surface area contributed by atoms with Crippen LogP contribution in [0.15, 0.2) is 30.5 Å². The van der Waals surface area contributed by atoms with Crippen LogP contribution in [0.5, 0.6) is 0 Å². The van der Waals surface area contributed by atoms with Crippen molar-refractivity contribution < 1.29 is 0 Å². The molecule has 0 saturated heterocycles. The first-order chi connectivity index (χ1) is 8.74. The summed E-state index contributed by atoms with van der Waals surface area (Å²) in [7, 11) is 2.07. The first-order valence-electron chi connectivity index (χ1n) is 6.39. The molecule has 1 aliphatic carbocycles. The first kappa shape index (κ1) is 11.3. The van der Waals surface area contributed by atoms with Gasteiger partial charge in [-0.15, -0.1) is 0 Å². The molecule has 0 aliphatic heterocycles. The summed E-state index contributed by atoms with van der Waals surface area (Å²) in [4.78, 5) is 0. The van der Waals surface area contributed by atoms with Crippen LogP contribution in [-0.4, -0.2) is 11.1 Å². The van der Waals surface area contributed by atoms with E-state index in [1.807, 2.05) is 0 Å². The van der Waals surface area contributed by atoms with Gasteiger partial charge in [-0.05, 0) is 24.5 Å². The van der Waals surface area contributed by atoms with Crippen LogP contribution >= 0.6 is 0 Å². The number of hydrogen-bond donors (Lipinski definition) is 1. The van der Waals surface area contributed by atoms with E-state index in [1.165, 1.54) is 16.5 Å². The Kier molecular flexibility index (Phi) is 2.61. The van der Waals surface area contributed by atoms with Crippen molar-refractivity contribution in [3.05, 3.63) is 36.0 Å². The van der Waals surface area contributed by atoms with Crippen molar-refractivity contribution in [1.82, 2.24) is 9.88 Å². The van der Waals surface area contributed by atoms with Crippen LogP contribution in [0, 0.1) is 16.7 Å². The van der Waals surface area contributed by atoms with Gasteiger partial charge in [0.1, 0.15) is 0 Å². The molecule has 0 amide bonds. The van der Waals surface area contributed by atoms with Crippen molar-refractivity contribution in [3.8, 4) is 6.07 Å². The molecule has 0 bridgehead atoms. The molecule has 0 spiro atoms. The lowest BCUT2D eigenvalue weighted by molar-refractivity contribution is 0.559. The predicted molar refractivity (Wildman–Crippen MR) is 71.9 cm³/mol. The second kappa shape index (κ2) is 4.15. The number of nitrogens with zero attached hydrogens (tertiary/aromatic N) is 2. The fourth-order valence-corrected chi connectivity index (χ4v) is 2.48. The van der Waals surface area contributed by atoms with E-state index < -0.39 is 0 Å². The largest absolute Gasteiger partial charge is 0.350 e. The monoisotopic (exact) mass is 239 g/mol. The minimum atomic E-state index is -0.0649. The molecule has 1 heterocycles. The standard InChI is InChI=1S/C15H17N3/c1-18-9-12(13-4-2-3-5-14(13)18)8-17-11-15(10-16)6-7-15/h2-5,9,17H,6-8,11H2,1H3. The SMILES string of the molecule is Cn1cc(CNCC2(C#N)CC2)c2ccccc21. The number of benzene rings is 1. The highest BCUT2D eigenvalue weighted by molar-refractivity contribution is 5.83. The Bertz CT molecular complexity index is 614. The van der Waals surface area contributed by atoms with Gasteiger partial charge in [-0.2, -0.15) is 5.26 Å². The highest BCUT2D eigenvalue weighted by atomic mass is 14.9. The maximum atomic E-state index is 9.04. The lowest BCUT2D eigenvalue weighted by Crippen LogP contribution is -2.22. The van der Waals surface area contributed by atoms with Crippen LogP contribution in [0.2, 0.25) is 0 Å². The Morgan fingerprint density at radius 3 is 2.89 bits per heavy atom. The fraction of sp³-hybridized carbons (Fsp3) is 0.400. The molecule has 1 aromatic carbocycles. The number of aryl methyl sites for hydroxylation is 1. The molecule has 0 unspecified atom stereocenters. The van der Waals surface area contributed by atoms with Crippen LogP contribution in [0.1, 0.15) is 18.4 Å². The van der Waals surface area contributed by atoms with E-state index in [-0.39, 0.29) is 5.41 Å². The van der Waals surface area contributed by atoms with Crippen LogP contribution in [0.3, 0.4) is 0 Å². The normalized spacial score (nSPS) is 16.7. The Morgan fingerprint density at radius 1 is 1.39 bits per heavy atom. The Balaban J connectivity index is 1.73. The van der Waals surface area contributed by atoms with E-state index >= 15 is 0 Å². The second-order valence-electron chi connectivity index (χ2n) is 5.28. The predicted octanol–water partition coefficient (Wildman–Crippen LogP) is 2.57. The maximum absolute atomic E-state index is 9.04. The Morgan fingerprint density at radius 2 is 2.17 bits per heavy atom.